The molecule has 2 unspecified atom stereocenters. The van der Waals surface area contributed by atoms with E-state index in [2.05, 4.69) is 10.6 Å². The molecule has 0 aliphatic carbocycles. The largest absolute Gasteiger partial charge is 0.441 e. The Morgan fingerprint density at radius 1 is 1.08 bits per heavy atom. The van der Waals surface area contributed by atoms with Crippen LogP contribution in [-0.2, 0) is 9.53 Å². The minimum Gasteiger partial charge on any atom is -0.441 e. The van der Waals surface area contributed by atoms with Crippen LogP contribution in [0.3, 0.4) is 0 Å². The number of morpholine rings is 1. The van der Waals surface area contributed by atoms with Crippen LogP contribution < -0.4 is 15.4 Å². The van der Waals surface area contributed by atoms with Gasteiger partial charge in [0.15, 0.2) is 5.88 Å². The summed E-state index contributed by atoms with van der Waals surface area (Å²) >= 11 is 0. The predicted molar refractivity (Wildman–Crippen MR) is 134 cm³/mol. The van der Waals surface area contributed by atoms with E-state index in [-0.39, 0.29) is 11.6 Å². The zero-order valence-corrected chi connectivity index (χ0v) is 20.6. The average Bonchev–Trinajstić information content (AvgIpc) is 2.91. The van der Waals surface area contributed by atoms with Gasteiger partial charge in [0.2, 0.25) is 0 Å². The fourth-order valence-corrected chi connectivity index (χ4v) is 4.95. The van der Waals surface area contributed by atoms with Crippen molar-refractivity contribution in [1.29, 1.82) is 0 Å². The Kier molecular flexibility index (Phi) is 7.38. The standard InChI is InChI=1S/C27H30F2N4O4/c1-17(31-22-14-20(28)13-21(29)15-22)23-10-18(27(35)33-4-2-30-3-5-33)11-24-19(16-34)12-25(37-26(23)24)32-6-8-36-9-7-32/h10-17,19,30-31H,2-9H2,1H3. The van der Waals surface area contributed by atoms with E-state index in [4.69, 9.17) is 9.47 Å². The van der Waals surface area contributed by atoms with Crippen molar-refractivity contribution >= 4 is 17.9 Å². The fraction of sp³-hybridized carbons (Fsp3) is 0.407. The van der Waals surface area contributed by atoms with Crippen molar-refractivity contribution in [2.75, 3.05) is 57.8 Å². The molecule has 2 aromatic carbocycles. The molecule has 2 saturated heterocycles. The number of fused-ring (bicyclic) bond motifs is 1. The minimum absolute atomic E-state index is 0.137. The highest BCUT2D eigenvalue weighted by atomic mass is 19.1. The number of piperazine rings is 1. The number of benzene rings is 2. The van der Waals surface area contributed by atoms with Crippen molar-refractivity contribution in [2.24, 2.45) is 0 Å². The Hall–Kier alpha value is -3.50. The van der Waals surface area contributed by atoms with Crippen LogP contribution in [-0.4, -0.2) is 74.5 Å². The highest BCUT2D eigenvalue weighted by molar-refractivity contribution is 5.95. The molecule has 0 bridgehead atoms. The third-order valence-electron chi connectivity index (χ3n) is 6.87. The summed E-state index contributed by atoms with van der Waals surface area (Å²) in [6.07, 6.45) is 2.61. The molecule has 5 rings (SSSR count). The third kappa shape index (κ3) is 5.45. The van der Waals surface area contributed by atoms with Crippen LogP contribution in [0.25, 0.3) is 0 Å². The molecule has 2 aromatic rings. The number of carbonyl (C=O) groups is 2. The highest BCUT2D eigenvalue weighted by Gasteiger charge is 2.31. The molecule has 0 aromatic heterocycles. The Bertz CT molecular complexity index is 1190. The summed E-state index contributed by atoms with van der Waals surface area (Å²) in [7, 11) is 0. The first kappa shape index (κ1) is 25.2. The first-order valence-corrected chi connectivity index (χ1v) is 12.5. The van der Waals surface area contributed by atoms with Crippen molar-refractivity contribution in [2.45, 2.75) is 18.9 Å². The lowest BCUT2D eigenvalue weighted by molar-refractivity contribution is -0.108. The van der Waals surface area contributed by atoms with Crippen molar-refractivity contribution in [3.05, 3.63) is 70.6 Å². The van der Waals surface area contributed by atoms with Gasteiger partial charge in [-0.05, 0) is 37.3 Å². The zero-order valence-electron chi connectivity index (χ0n) is 20.6. The number of carbonyl (C=O) groups excluding carboxylic acids is 2. The van der Waals surface area contributed by atoms with Gasteiger partial charge in [-0.25, -0.2) is 8.78 Å². The van der Waals surface area contributed by atoms with E-state index in [9.17, 15) is 18.4 Å². The maximum Gasteiger partial charge on any atom is 0.253 e. The number of nitrogens with zero attached hydrogens (tertiary/aromatic N) is 2. The van der Waals surface area contributed by atoms with Gasteiger partial charge >= 0.3 is 0 Å². The molecule has 10 heteroatoms. The molecular weight excluding hydrogens is 482 g/mol. The summed E-state index contributed by atoms with van der Waals surface area (Å²) < 4.78 is 39.5. The maximum atomic E-state index is 13.9. The van der Waals surface area contributed by atoms with Crippen LogP contribution in [0.4, 0.5) is 14.5 Å². The molecule has 2 fully saturated rings. The van der Waals surface area contributed by atoms with Gasteiger partial charge in [-0.1, -0.05) is 0 Å². The van der Waals surface area contributed by atoms with Crippen LogP contribution in [0.2, 0.25) is 0 Å². The van der Waals surface area contributed by atoms with Crippen molar-refractivity contribution in [3.8, 4) is 5.75 Å². The predicted octanol–water partition coefficient (Wildman–Crippen LogP) is 3.03. The third-order valence-corrected chi connectivity index (χ3v) is 6.87. The number of rotatable bonds is 6. The number of anilines is 1. The highest BCUT2D eigenvalue weighted by Crippen LogP contribution is 2.41. The van der Waals surface area contributed by atoms with Crippen LogP contribution in [0, 0.1) is 11.6 Å². The molecule has 2 atom stereocenters. The van der Waals surface area contributed by atoms with Crippen LogP contribution in [0.15, 0.2) is 42.3 Å². The number of hydrogen-bond donors (Lipinski definition) is 2. The summed E-state index contributed by atoms with van der Waals surface area (Å²) in [6, 6.07) is 6.19. The molecule has 196 valence electrons. The topological polar surface area (TPSA) is 83.1 Å². The normalized spacial score (nSPS) is 20.4. The second-order valence-corrected chi connectivity index (χ2v) is 9.42. The summed E-state index contributed by atoms with van der Waals surface area (Å²) in [5.41, 5.74) is 1.89. The smallest absolute Gasteiger partial charge is 0.253 e. The molecule has 3 heterocycles. The number of aldehydes is 1. The fourth-order valence-electron chi connectivity index (χ4n) is 4.95. The Labute approximate surface area is 214 Å². The lowest BCUT2D eigenvalue weighted by atomic mass is 9.90. The molecule has 37 heavy (non-hydrogen) atoms. The SMILES string of the molecule is CC(Nc1cc(F)cc(F)c1)c1cc(C(=O)N2CCNCC2)cc2c1OC(N1CCOCC1)=CC2C=O. The summed E-state index contributed by atoms with van der Waals surface area (Å²) in [5, 5.41) is 6.36. The van der Waals surface area contributed by atoms with Crippen molar-refractivity contribution in [3.63, 3.8) is 0 Å². The van der Waals surface area contributed by atoms with Gasteiger partial charge in [0.25, 0.3) is 5.91 Å². The van der Waals surface area contributed by atoms with E-state index >= 15 is 0 Å². The number of hydrogen-bond acceptors (Lipinski definition) is 7. The lowest BCUT2D eigenvalue weighted by Crippen LogP contribution is -2.46. The van der Waals surface area contributed by atoms with Crippen LogP contribution >= 0.6 is 0 Å². The summed E-state index contributed by atoms with van der Waals surface area (Å²) in [6.45, 7) is 6.74. The first-order chi connectivity index (χ1) is 17.9. The molecule has 0 saturated carbocycles. The monoisotopic (exact) mass is 512 g/mol. The van der Waals surface area contributed by atoms with Gasteiger partial charge in [0, 0.05) is 67.7 Å². The first-order valence-electron chi connectivity index (χ1n) is 12.5. The van der Waals surface area contributed by atoms with Gasteiger partial charge in [-0.3, -0.25) is 4.79 Å². The van der Waals surface area contributed by atoms with E-state index in [0.29, 0.717) is 80.8 Å². The number of ether oxygens (including phenoxy) is 2. The quantitative estimate of drug-likeness (QED) is 0.576. The molecule has 1 amide bonds. The molecule has 3 aliphatic heterocycles. The Morgan fingerprint density at radius 3 is 2.46 bits per heavy atom. The average molecular weight is 513 g/mol. The van der Waals surface area contributed by atoms with E-state index in [1.165, 1.54) is 12.1 Å². The molecule has 0 radical (unpaired) electrons. The van der Waals surface area contributed by atoms with E-state index in [0.717, 1.165) is 12.4 Å². The molecular formula is C27H30F2N4O4. The van der Waals surface area contributed by atoms with Crippen LogP contribution in [0.1, 0.15) is 40.4 Å². The maximum absolute atomic E-state index is 13.9. The minimum atomic E-state index is -0.700. The molecule has 8 nitrogen and oxygen atoms in total. The summed E-state index contributed by atoms with van der Waals surface area (Å²) in [4.78, 5) is 29.5. The Balaban J connectivity index is 1.55. The molecule has 3 aliphatic rings. The van der Waals surface area contributed by atoms with E-state index < -0.39 is 23.6 Å². The van der Waals surface area contributed by atoms with Gasteiger partial charge in [-0.15, -0.1) is 0 Å². The number of amides is 1. The zero-order chi connectivity index (χ0) is 25.9. The summed E-state index contributed by atoms with van der Waals surface area (Å²) in [5.74, 6) is -1.13. The van der Waals surface area contributed by atoms with Gasteiger partial charge < -0.3 is 34.7 Å². The number of halogens is 2. The second kappa shape index (κ2) is 10.9. The van der Waals surface area contributed by atoms with Gasteiger partial charge in [0.1, 0.15) is 23.7 Å². The van der Waals surface area contributed by atoms with Gasteiger partial charge in [-0.2, -0.15) is 0 Å². The van der Waals surface area contributed by atoms with E-state index in [1.807, 2.05) is 11.8 Å². The van der Waals surface area contributed by atoms with Gasteiger partial charge in [0.05, 0.1) is 25.2 Å². The number of nitrogens with one attached hydrogen (secondary N) is 2. The molecule has 2 N–H and O–H groups in total. The van der Waals surface area contributed by atoms with Crippen LogP contribution in [0.5, 0.6) is 5.75 Å². The second-order valence-electron chi connectivity index (χ2n) is 9.42. The molecule has 0 spiro atoms. The van der Waals surface area contributed by atoms with Crippen molar-refractivity contribution < 1.29 is 27.8 Å². The lowest BCUT2D eigenvalue weighted by Gasteiger charge is -2.35. The Morgan fingerprint density at radius 2 is 1.78 bits per heavy atom. The van der Waals surface area contributed by atoms with E-state index in [1.54, 1.807) is 23.1 Å². The number of allylic oxidation sites excluding steroid dienone is 1. The van der Waals surface area contributed by atoms with Crippen molar-refractivity contribution in [1.82, 2.24) is 15.1 Å².